The second-order valence-corrected chi connectivity index (χ2v) is 5.75. The summed E-state index contributed by atoms with van der Waals surface area (Å²) in [6, 6.07) is 3.75. The van der Waals surface area contributed by atoms with Crippen molar-refractivity contribution in [3.05, 3.63) is 36.0 Å². The minimum Gasteiger partial charge on any atom is -0.384 e. The largest absolute Gasteiger partial charge is 0.384 e. The second kappa shape index (κ2) is 6.06. The first-order valence-corrected chi connectivity index (χ1v) is 7.58. The summed E-state index contributed by atoms with van der Waals surface area (Å²) >= 11 is 0. The van der Waals surface area contributed by atoms with Crippen molar-refractivity contribution in [1.82, 2.24) is 4.98 Å². The zero-order chi connectivity index (χ0) is 13.8. The summed E-state index contributed by atoms with van der Waals surface area (Å²) in [6.45, 7) is 0.594. The molecule has 102 valence electrons. The van der Waals surface area contributed by atoms with Crippen molar-refractivity contribution in [2.45, 2.75) is 6.42 Å². The SMILES string of the molecule is C[S@@](=O)CCCNc1ccnc2c(F)cc(F)cc12. The highest BCUT2D eigenvalue weighted by Gasteiger charge is 2.08. The molecule has 0 saturated carbocycles. The molecule has 0 radical (unpaired) electrons. The Hall–Kier alpha value is -1.56. The summed E-state index contributed by atoms with van der Waals surface area (Å²) in [7, 11) is -0.830. The maximum absolute atomic E-state index is 13.6. The van der Waals surface area contributed by atoms with Crippen LogP contribution in [0.1, 0.15) is 6.42 Å². The van der Waals surface area contributed by atoms with Crippen molar-refractivity contribution in [1.29, 1.82) is 0 Å². The van der Waals surface area contributed by atoms with E-state index in [9.17, 15) is 13.0 Å². The van der Waals surface area contributed by atoms with Gasteiger partial charge in [-0.15, -0.1) is 0 Å². The Balaban J connectivity index is 2.21. The van der Waals surface area contributed by atoms with Crippen molar-refractivity contribution in [3.8, 4) is 0 Å². The molecule has 0 unspecified atom stereocenters. The predicted octanol–water partition coefficient (Wildman–Crippen LogP) is 2.69. The van der Waals surface area contributed by atoms with Crippen molar-refractivity contribution < 1.29 is 13.0 Å². The molecule has 19 heavy (non-hydrogen) atoms. The van der Waals surface area contributed by atoms with E-state index in [0.717, 1.165) is 12.5 Å². The maximum Gasteiger partial charge on any atom is 0.152 e. The van der Waals surface area contributed by atoms with Gasteiger partial charge in [-0.1, -0.05) is 0 Å². The van der Waals surface area contributed by atoms with Crippen LogP contribution < -0.4 is 5.32 Å². The average molecular weight is 284 g/mol. The number of halogens is 2. The first-order chi connectivity index (χ1) is 9.08. The third-order valence-electron chi connectivity index (χ3n) is 2.69. The minimum atomic E-state index is -0.830. The van der Waals surface area contributed by atoms with Gasteiger partial charge in [0.05, 0.1) is 0 Å². The van der Waals surface area contributed by atoms with Crippen LogP contribution in [-0.2, 0) is 10.8 Å². The summed E-state index contributed by atoms with van der Waals surface area (Å²) in [4.78, 5) is 3.91. The standard InChI is InChI=1S/C13H14F2N2OS/c1-19(18)6-2-4-16-12-3-5-17-13-10(12)7-9(14)8-11(13)15/h3,5,7-8H,2,4,6H2,1H3,(H,16,17)/t19-/m1/s1. The highest BCUT2D eigenvalue weighted by Crippen LogP contribution is 2.24. The molecule has 2 rings (SSSR count). The number of fused-ring (bicyclic) bond motifs is 1. The normalized spacial score (nSPS) is 12.6. The van der Waals surface area contributed by atoms with E-state index in [1.54, 1.807) is 12.3 Å². The molecule has 3 nitrogen and oxygen atoms in total. The van der Waals surface area contributed by atoms with Crippen LogP contribution in [0.3, 0.4) is 0 Å². The van der Waals surface area contributed by atoms with Crippen LogP contribution in [0.15, 0.2) is 24.4 Å². The highest BCUT2D eigenvalue weighted by atomic mass is 32.2. The number of pyridine rings is 1. The Kier molecular flexibility index (Phi) is 4.42. The Bertz CT molecular complexity index is 619. The van der Waals surface area contributed by atoms with E-state index in [-0.39, 0.29) is 5.52 Å². The quantitative estimate of drug-likeness (QED) is 0.858. The average Bonchev–Trinajstić information content (AvgIpc) is 2.34. The van der Waals surface area contributed by atoms with Crippen LogP contribution in [0.25, 0.3) is 10.9 Å². The Morgan fingerprint density at radius 1 is 1.37 bits per heavy atom. The predicted molar refractivity (Wildman–Crippen MR) is 73.7 cm³/mol. The van der Waals surface area contributed by atoms with Gasteiger partial charge in [-0.05, 0) is 18.6 Å². The van der Waals surface area contributed by atoms with Gasteiger partial charge in [-0.25, -0.2) is 8.78 Å². The molecule has 1 aromatic heterocycles. The number of hydrogen-bond donors (Lipinski definition) is 1. The van der Waals surface area contributed by atoms with Gasteiger partial charge in [0, 0.05) is 52.7 Å². The van der Waals surface area contributed by atoms with Crippen LogP contribution in [0.2, 0.25) is 0 Å². The molecule has 0 bridgehead atoms. The molecule has 0 aliphatic carbocycles. The zero-order valence-electron chi connectivity index (χ0n) is 10.5. The molecule has 6 heteroatoms. The van der Waals surface area contributed by atoms with E-state index < -0.39 is 22.4 Å². The summed E-state index contributed by atoms with van der Waals surface area (Å²) in [6.07, 6.45) is 3.85. The van der Waals surface area contributed by atoms with Crippen LogP contribution in [-0.4, -0.2) is 27.7 Å². The molecule has 1 heterocycles. The number of rotatable bonds is 5. The summed E-state index contributed by atoms with van der Waals surface area (Å²) in [5, 5.41) is 3.50. The first kappa shape index (κ1) is 13.9. The third kappa shape index (κ3) is 3.47. The van der Waals surface area contributed by atoms with Gasteiger partial charge < -0.3 is 5.32 Å². The number of benzene rings is 1. The lowest BCUT2D eigenvalue weighted by Gasteiger charge is -2.09. The van der Waals surface area contributed by atoms with Gasteiger partial charge in [0.15, 0.2) is 5.82 Å². The lowest BCUT2D eigenvalue weighted by atomic mass is 10.1. The number of anilines is 1. The fraction of sp³-hybridized carbons (Fsp3) is 0.308. The van der Waals surface area contributed by atoms with Gasteiger partial charge in [0.25, 0.3) is 0 Å². The van der Waals surface area contributed by atoms with Crippen molar-refractivity contribution in [3.63, 3.8) is 0 Å². The molecule has 0 aliphatic rings. The monoisotopic (exact) mass is 284 g/mol. The van der Waals surface area contributed by atoms with E-state index in [1.165, 1.54) is 12.3 Å². The van der Waals surface area contributed by atoms with Gasteiger partial charge in [-0.3, -0.25) is 9.19 Å². The van der Waals surface area contributed by atoms with Crippen LogP contribution in [0.5, 0.6) is 0 Å². The molecule has 1 N–H and O–H groups in total. The second-order valence-electron chi connectivity index (χ2n) is 4.20. The van der Waals surface area contributed by atoms with E-state index in [0.29, 0.717) is 23.4 Å². The summed E-state index contributed by atoms with van der Waals surface area (Å²) in [5.74, 6) is -0.706. The lowest BCUT2D eigenvalue weighted by molar-refractivity contribution is 0.590. The highest BCUT2D eigenvalue weighted by molar-refractivity contribution is 7.84. The molecule has 1 aromatic carbocycles. The van der Waals surface area contributed by atoms with E-state index in [2.05, 4.69) is 10.3 Å². The van der Waals surface area contributed by atoms with E-state index in [4.69, 9.17) is 0 Å². The Morgan fingerprint density at radius 3 is 2.89 bits per heavy atom. The van der Waals surface area contributed by atoms with Crippen molar-refractivity contribution in [2.75, 3.05) is 23.9 Å². The summed E-state index contributed by atoms with van der Waals surface area (Å²) < 4.78 is 37.7. The zero-order valence-corrected chi connectivity index (χ0v) is 11.3. The molecule has 2 aromatic rings. The van der Waals surface area contributed by atoms with Gasteiger partial charge in [0.1, 0.15) is 11.3 Å². The first-order valence-electron chi connectivity index (χ1n) is 5.85. The third-order valence-corrected chi connectivity index (χ3v) is 3.55. The maximum atomic E-state index is 13.6. The molecule has 0 aliphatic heterocycles. The smallest absolute Gasteiger partial charge is 0.152 e. The Morgan fingerprint density at radius 2 is 2.16 bits per heavy atom. The topological polar surface area (TPSA) is 42.0 Å². The molecular formula is C13H14F2N2OS. The van der Waals surface area contributed by atoms with Crippen LogP contribution in [0.4, 0.5) is 14.5 Å². The van der Waals surface area contributed by atoms with Crippen LogP contribution >= 0.6 is 0 Å². The number of aromatic nitrogens is 1. The molecule has 0 spiro atoms. The molecular weight excluding hydrogens is 270 g/mol. The summed E-state index contributed by atoms with van der Waals surface area (Å²) in [5.41, 5.74) is 0.774. The molecule has 1 atom stereocenters. The van der Waals surface area contributed by atoms with Gasteiger partial charge >= 0.3 is 0 Å². The number of nitrogens with one attached hydrogen (secondary N) is 1. The molecule has 0 saturated heterocycles. The van der Waals surface area contributed by atoms with Gasteiger partial charge in [0.2, 0.25) is 0 Å². The van der Waals surface area contributed by atoms with Crippen molar-refractivity contribution in [2.24, 2.45) is 0 Å². The minimum absolute atomic E-state index is 0.144. The fourth-order valence-electron chi connectivity index (χ4n) is 1.83. The Labute approximate surface area is 112 Å². The van der Waals surface area contributed by atoms with Crippen LogP contribution in [0, 0.1) is 11.6 Å². The lowest BCUT2D eigenvalue weighted by Crippen LogP contribution is -2.06. The fourth-order valence-corrected chi connectivity index (χ4v) is 2.38. The molecule has 0 fully saturated rings. The molecule has 0 amide bonds. The van der Waals surface area contributed by atoms with Gasteiger partial charge in [-0.2, -0.15) is 0 Å². The van der Waals surface area contributed by atoms with E-state index in [1.807, 2.05) is 0 Å². The number of nitrogens with zero attached hydrogens (tertiary/aromatic N) is 1. The van der Waals surface area contributed by atoms with Crippen molar-refractivity contribution >= 4 is 27.4 Å². The van der Waals surface area contributed by atoms with E-state index >= 15 is 0 Å². The number of hydrogen-bond acceptors (Lipinski definition) is 3.